The van der Waals surface area contributed by atoms with Crippen molar-refractivity contribution < 1.29 is 9.59 Å². The molecule has 1 aromatic rings. The molecule has 1 atom stereocenters. The van der Waals surface area contributed by atoms with E-state index in [4.69, 9.17) is 0 Å². The minimum atomic E-state index is -0.00414. The Bertz CT molecular complexity index is 608. The molecule has 2 saturated heterocycles. The molecule has 2 amide bonds. The molecule has 2 N–H and O–H groups in total. The molecule has 1 aromatic carbocycles. The molecule has 0 aliphatic carbocycles. The van der Waals surface area contributed by atoms with E-state index in [1.165, 1.54) is 5.56 Å². The third-order valence-corrected chi connectivity index (χ3v) is 5.62. The SMILES string of the molecule is CN(CCNC(=O)C1CCN(C(=O)C2CCCN2)CC1)Cc1ccccc1. The van der Waals surface area contributed by atoms with Crippen molar-refractivity contribution in [2.75, 3.05) is 39.8 Å². The predicted octanol–water partition coefficient (Wildman–Crippen LogP) is 1.23. The second-order valence-electron chi connectivity index (χ2n) is 7.76. The number of piperidine rings is 1. The molecular formula is C21H32N4O2. The van der Waals surface area contributed by atoms with E-state index in [9.17, 15) is 9.59 Å². The van der Waals surface area contributed by atoms with Gasteiger partial charge in [0.2, 0.25) is 11.8 Å². The summed E-state index contributed by atoms with van der Waals surface area (Å²) in [5.74, 6) is 0.383. The van der Waals surface area contributed by atoms with E-state index in [-0.39, 0.29) is 23.8 Å². The summed E-state index contributed by atoms with van der Waals surface area (Å²) in [6, 6.07) is 10.3. The minimum absolute atomic E-state index is 0.00414. The van der Waals surface area contributed by atoms with Gasteiger partial charge in [-0.25, -0.2) is 0 Å². The molecule has 2 aliphatic rings. The number of likely N-dealkylation sites (tertiary alicyclic amines) is 1. The molecule has 2 aliphatic heterocycles. The van der Waals surface area contributed by atoms with Gasteiger partial charge in [-0.3, -0.25) is 9.59 Å². The maximum Gasteiger partial charge on any atom is 0.239 e. The normalized spacial score (nSPS) is 20.8. The molecule has 0 radical (unpaired) electrons. The molecule has 3 rings (SSSR count). The van der Waals surface area contributed by atoms with Gasteiger partial charge in [-0.05, 0) is 44.8 Å². The third-order valence-electron chi connectivity index (χ3n) is 5.62. The summed E-state index contributed by atoms with van der Waals surface area (Å²) >= 11 is 0. The lowest BCUT2D eigenvalue weighted by Crippen LogP contribution is -2.49. The molecule has 6 nitrogen and oxygen atoms in total. The Morgan fingerprint density at radius 2 is 1.93 bits per heavy atom. The van der Waals surface area contributed by atoms with Crippen molar-refractivity contribution in [3.8, 4) is 0 Å². The van der Waals surface area contributed by atoms with Crippen molar-refractivity contribution >= 4 is 11.8 Å². The fraction of sp³-hybridized carbons (Fsp3) is 0.619. The number of nitrogens with zero attached hydrogens (tertiary/aromatic N) is 2. The summed E-state index contributed by atoms with van der Waals surface area (Å²) < 4.78 is 0. The predicted molar refractivity (Wildman–Crippen MR) is 106 cm³/mol. The van der Waals surface area contributed by atoms with Crippen LogP contribution < -0.4 is 10.6 Å². The van der Waals surface area contributed by atoms with Crippen LogP contribution in [-0.2, 0) is 16.1 Å². The van der Waals surface area contributed by atoms with Crippen LogP contribution in [0, 0.1) is 5.92 Å². The zero-order valence-electron chi connectivity index (χ0n) is 16.3. The topological polar surface area (TPSA) is 64.7 Å². The lowest BCUT2D eigenvalue weighted by molar-refractivity contribution is -0.137. The molecule has 1 unspecified atom stereocenters. The fourth-order valence-corrected chi connectivity index (χ4v) is 3.97. The average molecular weight is 373 g/mol. The maximum atomic E-state index is 12.4. The molecule has 27 heavy (non-hydrogen) atoms. The number of hydrogen-bond donors (Lipinski definition) is 2. The first-order valence-corrected chi connectivity index (χ1v) is 10.2. The second-order valence-corrected chi connectivity index (χ2v) is 7.76. The second kappa shape index (κ2) is 9.85. The monoisotopic (exact) mass is 372 g/mol. The van der Waals surface area contributed by atoms with Crippen LogP contribution in [0.25, 0.3) is 0 Å². The van der Waals surface area contributed by atoms with Gasteiger partial charge in [-0.2, -0.15) is 0 Å². The van der Waals surface area contributed by atoms with E-state index in [2.05, 4.69) is 34.7 Å². The molecule has 2 fully saturated rings. The Labute approximate surface area is 162 Å². The van der Waals surface area contributed by atoms with Crippen molar-refractivity contribution in [2.45, 2.75) is 38.3 Å². The first kappa shape index (κ1) is 19.8. The summed E-state index contributed by atoms with van der Waals surface area (Å²) in [4.78, 5) is 29.0. The third kappa shape index (κ3) is 5.78. The van der Waals surface area contributed by atoms with Gasteiger partial charge in [0.25, 0.3) is 0 Å². The van der Waals surface area contributed by atoms with Crippen molar-refractivity contribution in [3.63, 3.8) is 0 Å². The molecule has 0 bridgehead atoms. The fourth-order valence-electron chi connectivity index (χ4n) is 3.97. The van der Waals surface area contributed by atoms with Crippen LogP contribution in [0.15, 0.2) is 30.3 Å². The van der Waals surface area contributed by atoms with E-state index in [0.29, 0.717) is 19.6 Å². The lowest BCUT2D eigenvalue weighted by Gasteiger charge is -2.33. The summed E-state index contributed by atoms with van der Waals surface area (Å²) in [7, 11) is 2.07. The van der Waals surface area contributed by atoms with Gasteiger partial charge < -0.3 is 20.4 Å². The Balaban J connectivity index is 1.33. The van der Waals surface area contributed by atoms with Crippen molar-refractivity contribution in [2.24, 2.45) is 5.92 Å². The number of carbonyl (C=O) groups is 2. The van der Waals surface area contributed by atoms with E-state index in [1.807, 2.05) is 23.1 Å². The van der Waals surface area contributed by atoms with Crippen molar-refractivity contribution in [1.82, 2.24) is 20.4 Å². The highest BCUT2D eigenvalue weighted by molar-refractivity contribution is 5.83. The van der Waals surface area contributed by atoms with E-state index in [1.54, 1.807) is 0 Å². The molecule has 6 heteroatoms. The van der Waals surface area contributed by atoms with Crippen LogP contribution in [0.1, 0.15) is 31.2 Å². The van der Waals surface area contributed by atoms with Gasteiger partial charge in [-0.15, -0.1) is 0 Å². The van der Waals surface area contributed by atoms with Crippen LogP contribution in [0.2, 0.25) is 0 Å². The number of likely N-dealkylation sites (N-methyl/N-ethyl adjacent to an activating group) is 1. The van der Waals surface area contributed by atoms with Gasteiger partial charge >= 0.3 is 0 Å². The van der Waals surface area contributed by atoms with E-state index >= 15 is 0 Å². The van der Waals surface area contributed by atoms with Crippen LogP contribution in [0.3, 0.4) is 0 Å². The molecule has 0 spiro atoms. The van der Waals surface area contributed by atoms with Gasteiger partial charge in [0.1, 0.15) is 0 Å². The largest absolute Gasteiger partial charge is 0.355 e. The highest BCUT2D eigenvalue weighted by atomic mass is 16.2. The number of hydrogen-bond acceptors (Lipinski definition) is 4. The molecular weight excluding hydrogens is 340 g/mol. The summed E-state index contributed by atoms with van der Waals surface area (Å²) in [6.45, 7) is 4.70. The highest BCUT2D eigenvalue weighted by Crippen LogP contribution is 2.19. The average Bonchev–Trinajstić information content (AvgIpc) is 3.23. The highest BCUT2D eigenvalue weighted by Gasteiger charge is 2.31. The standard InChI is InChI=1S/C21H32N4O2/c1-24(16-17-6-3-2-4-7-17)15-12-23-20(26)18-9-13-25(14-10-18)21(27)19-8-5-11-22-19/h2-4,6-7,18-19,22H,5,8-16H2,1H3,(H,23,26). The summed E-state index contributed by atoms with van der Waals surface area (Å²) in [5.41, 5.74) is 1.28. The molecule has 148 valence electrons. The molecule has 0 saturated carbocycles. The van der Waals surface area contributed by atoms with Crippen molar-refractivity contribution in [1.29, 1.82) is 0 Å². The van der Waals surface area contributed by atoms with E-state index < -0.39 is 0 Å². The van der Waals surface area contributed by atoms with Gasteiger partial charge in [-0.1, -0.05) is 30.3 Å². The summed E-state index contributed by atoms with van der Waals surface area (Å²) in [6.07, 6.45) is 3.55. The first-order valence-electron chi connectivity index (χ1n) is 10.2. The minimum Gasteiger partial charge on any atom is -0.355 e. The molecule has 2 heterocycles. The Hall–Kier alpha value is -1.92. The van der Waals surface area contributed by atoms with Gasteiger partial charge in [0.05, 0.1) is 6.04 Å². The van der Waals surface area contributed by atoms with Crippen LogP contribution in [0.5, 0.6) is 0 Å². The van der Waals surface area contributed by atoms with Crippen LogP contribution >= 0.6 is 0 Å². The van der Waals surface area contributed by atoms with Crippen LogP contribution in [-0.4, -0.2) is 67.4 Å². The Morgan fingerprint density at radius 3 is 2.59 bits per heavy atom. The van der Waals surface area contributed by atoms with E-state index in [0.717, 1.165) is 45.3 Å². The van der Waals surface area contributed by atoms with Crippen molar-refractivity contribution in [3.05, 3.63) is 35.9 Å². The van der Waals surface area contributed by atoms with Gasteiger partial charge in [0, 0.05) is 38.6 Å². The first-order chi connectivity index (χ1) is 13.1. The smallest absolute Gasteiger partial charge is 0.239 e. The number of carbonyl (C=O) groups excluding carboxylic acids is 2. The maximum absolute atomic E-state index is 12.4. The quantitative estimate of drug-likeness (QED) is 0.756. The summed E-state index contributed by atoms with van der Waals surface area (Å²) in [5, 5.41) is 6.34. The Morgan fingerprint density at radius 1 is 1.19 bits per heavy atom. The lowest BCUT2D eigenvalue weighted by atomic mass is 9.95. The zero-order chi connectivity index (χ0) is 19.1. The number of amides is 2. The number of benzene rings is 1. The Kier molecular flexibility index (Phi) is 7.24. The number of nitrogens with one attached hydrogen (secondary N) is 2. The number of rotatable bonds is 7. The zero-order valence-corrected chi connectivity index (χ0v) is 16.3. The van der Waals surface area contributed by atoms with Gasteiger partial charge in [0.15, 0.2) is 0 Å². The van der Waals surface area contributed by atoms with Crippen LogP contribution in [0.4, 0.5) is 0 Å². The molecule has 0 aromatic heterocycles.